The fraction of sp³-hybridized carbons (Fsp3) is 0.950. The van der Waals surface area contributed by atoms with Crippen molar-refractivity contribution in [3.8, 4) is 0 Å². The summed E-state index contributed by atoms with van der Waals surface area (Å²) >= 11 is 0. The van der Waals surface area contributed by atoms with Crippen molar-refractivity contribution in [3.63, 3.8) is 0 Å². The van der Waals surface area contributed by atoms with Crippen LogP contribution in [0.1, 0.15) is 97.8 Å². The van der Waals surface area contributed by atoms with E-state index < -0.39 is 0 Å². The van der Waals surface area contributed by atoms with Gasteiger partial charge in [0.05, 0.1) is 5.92 Å². The summed E-state index contributed by atoms with van der Waals surface area (Å²) in [6.07, 6.45) is 15.8. The van der Waals surface area contributed by atoms with E-state index in [9.17, 15) is 4.79 Å². The van der Waals surface area contributed by atoms with Crippen molar-refractivity contribution in [2.24, 2.45) is 11.3 Å². The smallest absolute Gasteiger partial charge is 0.227 e. The summed E-state index contributed by atoms with van der Waals surface area (Å²) in [5, 5.41) is 0. The molecule has 2 nitrogen and oxygen atoms in total. The Morgan fingerprint density at radius 1 is 0.909 bits per heavy atom. The first-order chi connectivity index (χ1) is 10.5. The molecule has 0 spiro atoms. The molecule has 0 radical (unpaired) electrons. The molecule has 0 aliphatic carbocycles. The molecule has 1 rings (SSSR count). The highest BCUT2D eigenvalue weighted by molar-refractivity contribution is 5.85. The van der Waals surface area contributed by atoms with Gasteiger partial charge >= 0.3 is 0 Å². The van der Waals surface area contributed by atoms with E-state index in [0.29, 0.717) is 11.8 Å². The summed E-state index contributed by atoms with van der Waals surface area (Å²) in [6, 6.07) is 0. The van der Waals surface area contributed by atoms with Crippen molar-refractivity contribution in [1.29, 1.82) is 0 Å². The van der Waals surface area contributed by atoms with Crippen LogP contribution in [0.5, 0.6) is 0 Å². The van der Waals surface area contributed by atoms with Crippen LogP contribution >= 0.6 is 0 Å². The van der Waals surface area contributed by atoms with E-state index >= 15 is 0 Å². The third-order valence-corrected chi connectivity index (χ3v) is 5.67. The number of nitrogens with zero attached hydrogens (tertiary/aromatic N) is 1. The molecule has 1 atom stereocenters. The largest absolute Gasteiger partial charge is 0.345 e. The predicted octanol–water partition coefficient (Wildman–Crippen LogP) is 5.80. The van der Waals surface area contributed by atoms with E-state index in [2.05, 4.69) is 20.8 Å². The molecule has 1 fully saturated rings. The molecular weight excluding hydrogens is 270 g/mol. The first-order valence-corrected chi connectivity index (χ1v) is 9.80. The van der Waals surface area contributed by atoms with Crippen molar-refractivity contribution in [2.75, 3.05) is 13.6 Å². The molecule has 2 heteroatoms. The minimum absolute atomic E-state index is 0.252. The fourth-order valence-electron chi connectivity index (χ4n) is 3.85. The van der Waals surface area contributed by atoms with Crippen LogP contribution in [-0.2, 0) is 4.79 Å². The van der Waals surface area contributed by atoms with Gasteiger partial charge in [0.2, 0.25) is 5.91 Å². The van der Waals surface area contributed by atoms with Gasteiger partial charge in [0.25, 0.3) is 0 Å². The molecule has 0 aromatic carbocycles. The van der Waals surface area contributed by atoms with Gasteiger partial charge in [-0.05, 0) is 18.3 Å². The third kappa shape index (κ3) is 5.93. The fourth-order valence-corrected chi connectivity index (χ4v) is 3.85. The molecule has 22 heavy (non-hydrogen) atoms. The summed E-state index contributed by atoms with van der Waals surface area (Å²) in [4.78, 5) is 14.1. The monoisotopic (exact) mass is 309 g/mol. The van der Waals surface area contributed by atoms with Crippen molar-refractivity contribution in [3.05, 3.63) is 0 Å². The van der Waals surface area contributed by atoms with Crippen LogP contribution in [0.2, 0.25) is 0 Å². The number of carbonyl (C=O) groups excluding carboxylic acids is 1. The number of hydrogen-bond donors (Lipinski definition) is 0. The van der Waals surface area contributed by atoms with Crippen LogP contribution in [0.25, 0.3) is 0 Å². The maximum absolute atomic E-state index is 12.2. The van der Waals surface area contributed by atoms with E-state index in [0.717, 1.165) is 6.54 Å². The van der Waals surface area contributed by atoms with E-state index in [-0.39, 0.29) is 5.41 Å². The van der Waals surface area contributed by atoms with E-state index in [1.807, 2.05) is 11.9 Å². The van der Waals surface area contributed by atoms with Crippen LogP contribution < -0.4 is 0 Å². The van der Waals surface area contributed by atoms with Crippen LogP contribution in [0, 0.1) is 11.3 Å². The molecule has 1 saturated heterocycles. The molecule has 0 saturated carbocycles. The first kappa shape index (κ1) is 19.5. The standard InChI is InChI=1S/C20H39NO/c1-5-7-9-11-13-15-20(3,16-14-12-10-8-6-2)18-17-21(4)19(18)22/h18H,5-17H2,1-4H3. The predicted molar refractivity (Wildman–Crippen MR) is 96.0 cm³/mol. The maximum atomic E-state index is 12.2. The lowest BCUT2D eigenvalue weighted by Crippen LogP contribution is -2.56. The average Bonchev–Trinajstić information content (AvgIpc) is 2.51. The van der Waals surface area contributed by atoms with E-state index in [1.165, 1.54) is 77.0 Å². The van der Waals surface area contributed by atoms with Gasteiger partial charge in [-0.15, -0.1) is 0 Å². The zero-order chi connectivity index (χ0) is 16.4. The van der Waals surface area contributed by atoms with Gasteiger partial charge in [-0.2, -0.15) is 0 Å². The highest BCUT2D eigenvalue weighted by Crippen LogP contribution is 2.43. The Morgan fingerprint density at radius 3 is 1.73 bits per heavy atom. The minimum Gasteiger partial charge on any atom is -0.345 e. The van der Waals surface area contributed by atoms with Crippen molar-refractivity contribution < 1.29 is 4.79 Å². The van der Waals surface area contributed by atoms with Crippen LogP contribution in [0.4, 0.5) is 0 Å². The second-order valence-electron chi connectivity index (χ2n) is 7.75. The summed E-state index contributed by atoms with van der Waals surface area (Å²) in [6.45, 7) is 7.91. The summed E-state index contributed by atoms with van der Waals surface area (Å²) in [7, 11) is 1.95. The molecule has 0 aromatic rings. The highest BCUT2D eigenvalue weighted by Gasteiger charge is 2.46. The average molecular weight is 310 g/mol. The van der Waals surface area contributed by atoms with Crippen molar-refractivity contribution in [1.82, 2.24) is 4.90 Å². The number of rotatable bonds is 13. The molecule has 0 bridgehead atoms. The minimum atomic E-state index is 0.252. The third-order valence-electron chi connectivity index (χ3n) is 5.67. The number of hydrogen-bond acceptors (Lipinski definition) is 1. The van der Waals surface area contributed by atoms with Crippen LogP contribution in [-0.4, -0.2) is 24.4 Å². The molecule has 1 aliphatic rings. The Kier molecular flexibility index (Phi) is 9.12. The Morgan fingerprint density at radius 2 is 1.36 bits per heavy atom. The Bertz CT molecular complexity index is 299. The second-order valence-corrected chi connectivity index (χ2v) is 7.75. The summed E-state index contributed by atoms with van der Waals surface area (Å²) in [5.41, 5.74) is 0.252. The molecule has 1 aliphatic heterocycles. The second kappa shape index (κ2) is 10.3. The maximum Gasteiger partial charge on any atom is 0.227 e. The van der Waals surface area contributed by atoms with Gasteiger partial charge in [0, 0.05) is 13.6 Å². The van der Waals surface area contributed by atoms with Gasteiger partial charge in [-0.25, -0.2) is 0 Å². The van der Waals surface area contributed by atoms with Crippen molar-refractivity contribution >= 4 is 5.91 Å². The lowest BCUT2D eigenvalue weighted by molar-refractivity contribution is -0.154. The van der Waals surface area contributed by atoms with Gasteiger partial charge in [0.15, 0.2) is 0 Å². The van der Waals surface area contributed by atoms with Crippen molar-refractivity contribution in [2.45, 2.75) is 97.8 Å². The zero-order valence-corrected chi connectivity index (χ0v) is 15.6. The highest BCUT2D eigenvalue weighted by atomic mass is 16.2. The Hall–Kier alpha value is -0.530. The van der Waals surface area contributed by atoms with Gasteiger partial charge in [-0.3, -0.25) is 4.79 Å². The van der Waals surface area contributed by atoms with Gasteiger partial charge in [0.1, 0.15) is 0 Å². The molecule has 1 heterocycles. The lowest BCUT2D eigenvalue weighted by Gasteiger charge is -2.47. The number of unbranched alkanes of at least 4 members (excludes halogenated alkanes) is 8. The summed E-state index contributed by atoms with van der Waals surface area (Å²) < 4.78 is 0. The molecule has 0 aromatic heterocycles. The van der Waals surface area contributed by atoms with Crippen LogP contribution in [0.15, 0.2) is 0 Å². The normalized spacial score (nSPS) is 18.6. The molecular formula is C20H39NO. The quantitative estimate of drug-likeness (QED) is 0.311. The molecule has 1 unspecified atom stereocenters. The van der Waals surface area contributed by atoms with E-state index in [4.69, 9.17) is 0 Å². The zero-order valence-electron chi connectivity index (χ0n) is 15.6. The number of amides is 1. The van der Waals surface area contributed by atoms with Gasteiger partial charge < -0.3 is 4.90 Å². The van der Waals surface area contributed by atoms with Gasteiger partial charge in [-0.1, -0.05) is 85.0 Å². The molecule has 1 amide bonds. The molecule has 130 valence electrons. The number of likely N-dealkylation sites (tertiary alicyclic amines) is 1. The molecule has 0 N–H and O–H groups in total. The first-order valence-electron chi connectivity index (χ1n) is 9.80. The summed E-state index contributed by atoms with van der Waals surface area (Å²) in [5.74, 6) is 0.694. The lowest BCUT2D eigenvalue weighted by atomic mass is 9.66. The number of carbonyl (C=O) groups is 1. The van der Waals surface area contributed by atoms with Crippen LogP contribution in [0.3, 0.4) is 0 Å². The Balaban J connectivity index is 2.40. The van der Waals surface area contributed by atoms with E-state index in [1.54, 1.807) is 0 Å². The Labute approximate surface area is 139 Å². The topological polar surface area (TPSA) is 20.3 Å². The SMILES string of the molecule is CCCCCCCC(C)(CCCCCCC)C1CN(C)C1=O. The number of β-lactam (4-membered cyclic amide) rings is 1.